The van der Waals surface area contributed by atoms with Crippen LogP contribution in [-0.2, 0) is 17.8 Å². The number of hydrogen-bond donors (Lipinski definition) is 2. The summed E-state index contributed by atoms with van der Waals surface area (Å²) in [5.41, 5.74) is 5.64. The summed E-state index contributed by atoms with van der Waals surface area (Å²) >= 11 is 0. The maximum atomic E-state index is 12.7. The first-order chi connectivity index (χ1) is 16.8. The molecule has 0 spiro atoms. The van der Waals surface area contributed by atoms with Crippen molar-refractivity contribution in [3.63, 3.8) is 0 Å². The maximum absolute atomic E-state index is 12.7. The molecular weight excluding hydrogens is 442 g/mol. The van der Waals surface area contributed by atoms with Crippen LogP contribution in [0.3, 0.4) is 0 Å². The lowest BCUT2D eigenvalue weighted by Gasteiger charge is -2.19. The van der Waals surface area contributed by atoms with E-state index in [9.17, 15) is 19.8 Å². The molecule has 4 aromatic rings. The van der Waals surface area contributed by atoms with E-state index in [-0.39, 0.29) is 18.5 Å². The molecule has 180 valence electrons. The van der Waals surface area contributed by atoms with Gasteiger partial charge in [0, 0.05) is 6.54 Å². The van der Waals surface area contributed by atoms with Gasteiger partial charge in [-0.15, -0.1) is 5.10 Å². The molecule has 3 aromatic carbocycles. The quantitative estimate of drug-likeness (QED) is 0.380. The number of aromatic nitrogens is 3. The van der Waals surface area contributed by atoms with Gasteiger partial charge < -0.3 is 10.2 Å². The smallest absolute Gasteiger partial charge is 0.309 e. The Bertz CT molecular complexity index is 1380. The lowest BCUT2D eigenvalue weighted by atomic mass is 9.93. The number of aliphatic carboxylic acids is 1. The van der Waals surface area contributed by atoms with Gasteiger partial charge in [-0.2, -0.15) is 0 Å². The third-order valence-electron chi connectivity index (χ3n) is 6.38. The van der Waals surface area contributed by atoms with Crippen molar-refractivity contribution in [1.29, 1.82) is 0 Å². The molecule has 1 aromatic heterocycles. The molecule has 0 aliphatic rings. The molecule has 0 aliphatic heterocycles. The Labute approximate surface area is 203 Å². The molecule has 0 unspecified atom stereocenters. The Morgan fingerprint density at radius 1 is 0.914 bits per heavy atom. The van der Waals surface area contributed by atoms with E-state index in [0.29, 0.717) is 23.7 Å². The number of hydrogen-bond acceptors (Lipinski definition) is 5. The summed E-state index contributed by atoms with van der Waals surface area (Å²) in [4.78, 5) is 24.6. The largest absolute Gasteiger partial charge is 0.481 e. The topological polar surface area (TPSA) is 105 Å². The van der Waals surface area contributed by atoms with Gasteiger partial charge in [-0.25, -0.2) is 4.68 Å². The van der Waals surface area contributed by atoms with Crippen LogP contribution in [0.4, 0.5) is 0 Å². The highest BCUT2D eigenvalue weighted by Crippen LogP contribution is 2.22. The summed E-state index contributed by atoms with van der Waals surface area (Å²) in [6, 6.07) is 21.7. The summed E-state index contributed by atoms with van der Waals surface area (Å²) in [7, 11) is 0. The lowest BCUT2D eigenvalue weighted by Crippen LogP contribution is -2.32. The Morgan fingerprint density at radius 2 is 1.54 bits per heavy atom. The zero-order valence-corrected chi connectivity index (χ0v) is 19.9. The molecule has 7 nitrogen and oxygen atoms in total. The number of carboxylic acid groups (broad SMARTS) is 1. The predicted molar refractivity (Wildman–Crippen MR) is 135 cm³/mol. The van der Waals surface area contributed by atoms with Crippen LogP contribution in [0.25, 0.3) is 22.0 Å². The van der Waals surface area contributed by atoms with Gasteiger partial charge in [0.05, 0.1) is 17.4 Å². The fourth-order valence-corrected chi connectivity index (χ4v) is 4.20. The van der Waals surface area contributed by atoms with Crippen molar-refractivity contribution in [3.8, 4) is 11.1 Å². The van der Waals surface area contributed by atoms with Crippen LogP contribution >= 0.6 is 0 Å². The molecule has 0 radical (unpaired) electrons. The highest BCUT2D eigenvalue weighted by Gasteiger charge is 2.26. The van der Waals surface area contributed by atoms with Crippen molar-refractivity contribution in [2.24, 2.45) is 5.92 Å². The number of aliphatic hydroxyl groups is 1. The van der Waals surface area contributed by atoms with Gasteiger partial charge in [-0.05, 0) is 67.5 Å². The summed E-state index contributed by atoms with van der Waals surface area (Å²) in [5.74, 6) is -2.10. The van der Waals surface area contributed by atoms with E-state index in [1.54, 1.807) is 12.1 Å². The molecule has 0 aliphatic carbocycles. The van der Waals surface area contributed by atoms with Crippen LogP contribution in [0.5, 0.6) is 0 Å². The van der Waals surface area contributed by atoms with E-state index in [1.165, 1.54) is 10.2 Å². The first-order valence-corrected chi connectivity index (χ1v) is 11.7. The summed E-state index contributed by atoms with van der Waals surface area (Å²) in [6.07, 6.45) is -0.113. The van der Waals surface area contributed by atoms with Gasteiger partial charge in [0.15, 0.2) is 0 Å². The number of nitrogens with zero attached hydrogens (tertiary/aromatic N) is 3. The second-order valence-corrected chi connectivity index (χ2v) is 9.04. The Morgan fingerprint density at radius 3 is 2.20 bits per heavy atom. The Balaban J connectivity index is 1.38. The van der Waals surface area contributed by atoms with E-state index in [4.69, 9.17) is 0 Å². The number of aryl methyl sites for hydroxylation is 4. The second kappa shape index (κ2) is 10.6. The lowest BCUT2D eigenvalue weighted by molar-refractivity contribution is -0.146. The van der Waals surface area contributed by atoms with Gasteiger partial charge >= 0.3 is 5.97 Å². The van der Waals surface area contributed by atoms with Crippen LogP contribution in [-0.4, -0.2) is 37.3 Å². The number of rotatable bonds is 9. The number of carboxylic acids is 1. The Kier molecular flexibility index (Phi) is 7.36. The molecule has 0 amide bonds. The summed E-state index contributed by atoms with van der Waals surface area (Å²) in [6.45, 7) is 4.02. The number of carbonyl (C=O) groups is 1. The summed E-state index contributed by atoms with van der Waals surface area (Å²) in [5, 5.41) is 28.8. The highest BCUT2D eigenvalue weighted by atomic mass is 16.4. The zero-order valence-electron chi connectivity index (χ0n) is 19.9. The van der Waals surface area contributed by atoms with Crippen LogP contribution in [0.1, 0.15) is 29.5 Å². The van der Waals surface area contributed by atoms with Gasteiger partial charge in [0.1, 0.15) is 5.52 Å². The molecule has 0 bridgehead atoms. The SMILES string of the molecule is Cc1ccc(-c2ccc(CC[C@@H](O)[C@H](CCn3nnc4cc(C)ccc4c3=O)C(=O)O)cc2)cc1. The first-order valence-electron chi connectivity index (χ1n) is 11.7. The van der Waals surface area contributed by atoms with Crippen molar-refractivity contribution in [1.82, 2.24) is 15.0 Å². The average molecular weight is 472 g/mol. The molecule has 1 heterocycles. The van der Waals surface area contributed by atoms with Gasteiger partial charge in [0.2, 0.25) is 0 Å². The van der Waals surface area contributed by atoms with Gasteiger partial charge in [-0.1, -0.05) is 65.4 Å². The van der Waals surface area contributed by atoms with E-state index in [2.05, 4.69) is 41.5 Å². The minimum absolute atomic E-state index is 0.0644. The number of aliphatic hydroxyl groups excluding tert-OH is 1. The molecule has 35 heavy (non-hydrogen) atoms. The van der Waals surface area contributed by atoms with E-state index >= 15 is 0 Å². The number of fused-ring (bicyclic) bond motifs is 1. The zero-order chi connectivity index (χ0) is 24.9. The molecule has 2 atom stereocenters. The van der Waals surface area contributed by atoms with Crippen molar-refractivity contribution < 1.29 is 15.0 Å². The minimum Gasteiger partial charge on any atom is -0.481 e. The summed E-state index contributed by atoms with van der Waals surface area (Å²) < 4.78 is 1.17. The maximum Gasteiger partial charge on any atom is 0.309 e. The molecular formula is C28H29N3O4. The molecule has 2 N–H and O–H groups in total. The molecule has 0 saturated heterocycles. The van der Waals surface area contributed by atoms with Crippen molar-refractivity contribution >= 4 is 16.9 Å². The van der Waals surface area contributed by atoms with Crippen molar-refractivity contribution in [2.45, 2.75) is 45.8 Å². The predicted octanol–water partition coefficient (Wildman–Crippen LogP) is 4.16. The van der Waals surface area contributed by atoms with Gasteiger partial charge in [-0.3, -0.25) is 9.59 Å². The third-order valence-corrected chi connectivity index (χ3v) is 6.38. The van der Waals surface area contributed by atoms with Crippen molar-refractivity contribution in [2.75, 3.05) is 0 Å². The standard InChI is InChI=1S/C28H29N3O4/c1-18-3-9-21(10-4-18)22-11-6-20(7-12-22)8-14-26(32)24(28(34)35)15-16-31-27(33)23-13-5-19(2)17-25(23)29-30-31/h3-7,9-13,17,24,26,32H,8,14-16H2,1-2H3,(H,34,35)/t24-,26+/m0/s1. The van der Waals surface area contributed by atoms with Crippen molar-refractivity contribution in [3.05, 3.63) is 93.8 Å². The minimum atomic E-state index is -1.09. The van der Waals surface area contributed by atoms with E-state index in [0.717, 1.165) is 22.3 Å². The fraction of sp³-hybridized carbons (Fsp3) is 0.286. The molecule has 4 rings (SSSR count). The number of benzene rings is 3. The molecule has 7 heteroatoms. The first kappa shape index (κ1) is 24.3. The average Bonchev–Trinajstić information content (AvgIpc) is 2.84. The van der Waals surface area contributed by atoms with Crippen LogP contribution in [0.15, 0.2) is 71.5 Å². The second-order valence-electron chi connectivity index (χ2n) is 9.04. The molecule has 0 saturated carbocycles. The van der Waals surface area contributed by atoms with Crippen LogP contribution in [0.2, 0.25) is 0 Å². The van der Waals surface area contributed by atoms with E-state index < -0.39 is 18.0 Å². The van der Waals surface area contributed by atoms with E-state index in [1.807, 2.05) is 37.3 Å². The molecule has 0 fully saturated rings. The normalized spacial score (nSPS) is 13.0. The van der Waals surface area contributed by atoms with Crippen LogP contribution in [0, 0.1) is 19.8 Å². The third kappa shape index (κ3) is 5.81. The monoisotopic (exact) mass is 471 g/mol. The highest BCUT2D eigenvalue weighted by molar-refractivity contribution is 5.77. The fourth-order valence-electron chi connectivity index (χ4n) is 4.20. The van der Waals surface area contributed by atoms with Gasteiger partial charge in [0.25, 0.3) is 5.56 Å². The Hall–Kier alpha value is -3.84. The van der Waals surface area contributed by atoms with Crippen LogP contribution < -0.4 is 5.56 Å².